The number of hydrogen-bond acceptors (Lipinski definition) is 4. The van der Waals surface area contributed by atoms with Gasteiger partial charge in [0.15, 0.2) is 0 Å². The third kappa shape index (κ3) is 5.98. The highest BCUT2D eigenvalue weighted by Gasteiger charge is 2.30. The molecule has 122 valence electrons. The van der Waals surface area contributed by atoms with Gasteiger partial charge >= 0.3 is 5.97 Å². The first-order valence-electron chi connectivity index (χ1n) is 7.11. The second kappa shape index (κ2) is 8.30. The van der Waals surface area contributed by atoms with Gasteiger partial charge in [-0.2, -0.15) is 12.7 Å². The van der Waals surface area contributed by atoms with Crippen molar-refractivity contribution in [2.75, 3.05) is 26.2 Å². The van der Waals surface area contributed by atoms with Gasteiger partial charge in [0.05, 0.1) is 5.92 Å². The van der Waals surface area contributed by atoms with Crippen molar-refractivity contribution < 1.29 is 23.1 Å². The monoisotopic (exact) mass is 321 g/mol. The van der Waals surface area contributed by atoms with Crippen LogP contribution in [0, 0.1) is 5.92 Å². The van der Waals surface area contributed by atoms with E-state index >= 15 is 0 Å². The van der Waals surface area contributed by atoms with Gasteiger partial charge in [-0.15, -0.1) is 0 Å². The molecule has 9 heteroatoms. The van der Waals surface area contributed by atoms with Crippen LogP contribution in [0.15, 0.2) is 0 Å². The van der Waals surface area contributed by atoms with E-state index in [1.807, 2.05) is 6.92 Å². The Morgan fingerprint density at radius 3 is 2.38 bits per heavy atom. The van der Waals surface area contributed by atoms with Crippen LogP contribution < -0.4 is 10.0 Å². The molecule has 21 heavy (non-hydrogen) atoms. The van der Waals surface area contributed by atoms with Gasteiger partial charge in [-0.25, -0.2) is 4.72 Å². The topological polar surface area (TPSA) is 116 Å². The van der Waals surface area contributed by atoms with E-state index in [9.17, 15) is 18.0 Å². The number of aliphatic carboxylic acids is 1. The van der Waals surface area contributed by atoms with Crippen LogP contribution >= 0.6 is 0 Å². The third-order valence-electron chi connectivity index (χ3n) is 3.35. The number of rotatable bonds is 8. The molecule has 0 unspecified atom stereocenters. The lowest BCUT2D eigenvalue weighted by Gasteiger charge is -2.29. The lowest BCUT2D eigenvalue weighted by atomic mass is 9.99. The molecule has 0 aromatic heterocycles. The molecule has 0 spiro atoms. The number of carbonyl (C=O) groups is 2. The first-order valence-corrected chi connectivity index (χ1v) is 8.55. The molecule has 1 fully saturated rings. The fourth-order valence-corrected chi connectivity index (χ4v) is 3.31. The molecule has 0 aromatic rings. The van der Waals surface area contributed by atoms with E-state index in [-0.39, 0.29) is 32.0 Å². The molecule has 0 atom stereocenters. The maximum Gasteiger partial charge on any atom is 0.306 e. The Balaban J connectivity index is 2.34. The van der Waals surface area contributed by atoms with Crippen LogP contribution in [-0.4, -0.2) is 55.9 Å². The molecule has 1 saturated heterocycles. The summed E-state index contributed by atoms with van der Waals surface area (Å²) >= 11 is 0. The Bertz CT molecular complexity index is 458. The van der Waals surface area contributed by atoms with Gasteiger partial charge in [-0.05, 0) is 19.3 Å². The van der Waals surface area contributed by atoms with Crippen molar-refractivity contribution in [3.63, 3.8) is 0 Å². The van der Waals surface area contributed by atoms with E-state index in [1.165, 1.54) is 4.31 Å². The molecule has 1 aliphatic rings. The standard InChI is InChI=1S/C12H23N3O5S/c1-2-6-13-11(16)3-7-14-21(19,20)15-8-4-10(5-9-15)12(17)18/h10,14H,2-9H2,1H3,(H,13,16)(H,17,18). The molecular formula is C12H23N3O5S. The summed E-state index contributed by atoms with van der Waals surface area (Å²) < 4.78 is 27.6. The van der Waals surface area contributed by atoms with E-state index < -0.39 is 22.1 Å². The fraction of sp³-hybridized carbons (Fsp3) is 0.833. The Hall–Kier alpha value is -1.19. The van der Waals surface area contributed by atoms with E-state index in [1.54, 1.807) is 0 Å². The summed E-state index contributed by atoms with van der Waals surface area (Å²) in [5, 5.41) is 11.5. The number of carboxylic acids is 1. The summed E-state index contributed by atoms with van der Waals surface area (Å²) in [6.45, 7) is 2.93. The highest BCUT2D eigenvalue weighted by atomic mass is 32.2. The van der Waals surface area contributed by atoms with Gasteiger partial charge in [0.25, 0.3) is 10.2 Å². The van der Waals surface area contributed by atoms with Crippen molar-refractivity contribution in [2.45, 2.75) is 32.6 Å². The van der Waals surface area contributed by atoms with Crippen molar-refractivity contribution in [1.29, 1.82) is 0 Å². The van der Waals surface area contributed by atoms with E-state index in [0.717, 1.165) is 6.42 Å². The Kier molecular flexibility index (Phi) is 7.06. The number of piperidine rings is 1. The van der Waals surface area contributed by atoms with Gasteiger partial charge in [0, 0.05) is 32.6 Å². The molecule has 1 heterocycles. The van der Waals surface area contributed by atoms with Crippen LogP contribution in [0.25, 0.3) is 0 Å². The molecule has 1 aliphatic heterocycles. The van der Waals surface area contributed by atoms with Crippen molar-refractivity contribution in [1.82, 2.24) is 14.3 Å². The van der Waals surface area contributed by atoms with Crippen LogP contribution in [0.4, 0.5) is 0 Å². The average Bonchev–Trinajstić information content (AvgIpc) is 2.45. The first kappa shape index (κ1) is 17.9. The summed E-state index contributed by atoms with van der Waals surface area (Å²) in [4.78, 5) is 22.2. The summed E-state index contributed by atoms with van der Waals surface area (Å²) in [5.74, 6) is -1.55. The second-order valence-corrected chi connectivity index (χ2v) is 6.77. The van der Waals surface area contributed by atoms with Crippen LogP contribution in [0.2, 0.25) is 0 Å². The molecule has 1 amide bonds. The minimum Gasteiger partial charge on any atom is -0.481 e. The Morgan fingerprint density at radius 1 is 1.24 bits per heavy atom. The SMILES string of the molecule is CCCNC(=O)CCNS(=O)(=O)N1CCC(C(=O)O)CC1. The highest BCUT2D eigenvalue weighted by Crippen LogP contribution is 2.18. The van der Waals surface area contributed by atoms with Gasteiger partial charge in [0.1, 0.15) is 0 Å². The first-order chi connectivity index (χ1) is 9.86. The Morgan fingerprint density at radius 2 is 1.86 bits per heavy atom. The number of carboxylic acid groups (broad SMARTS) is 1. The fourth-order valence-electron chi connectivity index (χ4n) is 2.08. The maximum atomic E-state index is 12.0. The van der Waals surface area contributed by atoms with Crippen molar-refractivity contribution in [3.05, 3.63) is 0 Å². The predicted molar refractivity (Wildman–Crippen MR) is 76.8 cm³/mol. The van der Waals surface area contributed by atoms with Gasteiger partial charge in [-0.1, -0.05) is 6.92 Å². The van der Waals surface area contributed by atoms with Crippen LogP contribution in [0.5, 0.6) is 0 Å². The van der Waals surface area contributed by atoms with E-state index in [0.29, 0.717) is 19.4 Å². The number of hydrogen-bond donors (Lipinski definition) is 3. The average molecular weight is 321 g/mol. The molecule has 1 rings (SSSR count). The summed E-state index contributed by atoms with van der Waals surface area (Å²) in [6, 6.07) is 0. The second-order valence-electron chi connectivity index (χ2n) is 5.01. The number of nitrogens with one attached hydrogen (secondary N) is 2. The summed E-state index contributed by atoms with van der Waals surface area (Å²) in [7, 11) is -3.64. The quantitative estimate of drug-likeness (QED) is 0.559. The van der Waals surface area contributed by atoms with Crippen LogP contribution in [0.3, 0.4) is 0 Å². The smallest absolute Gasteiger partial charge is 0.306 e. The number of nitrogens with zero attached hydrogens (tertiary/aromatic N) is 1. The van der Waals surface area contributed by atoms with Gasteiger partial charge < -0.3 is 10.4 Å². The van der Waals surface area contributed by atoms with Crippen molar-refractivity contribution in [2.24, 2.45) is 5.92 Å². The van der Waals surface area contributed by atoms with E-state index in [4.69, 9.17) is 5.11 Å². The van der Waals surface area contributed by atoms with Crippen LogP contribution in [0.1, 0.15) is 32.6 Å². The van der Waals surface area contributed by atoms with Crippen molar-refractivity contribution in [3.8, 4) is 0 Å². The Labute approximate surface area is 125 Å². The maximum absolute atomic E-state index is 12.0. The zero-order chi connectivity index (χ0) is 15.9. The minimum atomic E-state index is -3.64. The summed E-state index contributed by atoms with van der Waals surface area (Å²) in [6.07, 6.45) is 1.54. The molecule has 0 radical (unpaired) electrons. The molecular weight excluding hydrogens is 298 g/mol. The lowest BCUT2D eigenvalue weighted by molar-refractivity contribution is -0.143. The summed E-state index contributed by atoms with van der Waals surface area (Å²) in [5.41, 5.74) is 0. The third-order valence-corrected chi connectivity index (χ3v) is 4.97. The van der Waals surface area contributed by atoms with Gasteiger partial charge in [0.2, 0.25) is 5.91 Å². The number of carbonyl (C=O) groups excluding carboxylic acids is 1. The molecule has 0 aromatic carbocycles. The van der Waals surface area contributed by atoms with Gasteiger partial charge in [-0.3, -0.25) is 9.59 Å². The molecule has 0 bridgehead atoms. The zero-order valence-electron chi connectivity index (χ0n) is 12.2. The molecule has 3 N–H and O–H groups in total. The molecule has 0 aliphatic carbocycles. The van der Waals surface area contributed by atoms with Crippen molar-refractivity contribution >= 4 is 22.1 Å². The normalized spacial score (nSPS) is 17.6. The molecule has 0 saturated carbocycles. The van der Waals surface area contributed by atoms with Crippen LogP contribution in [-0.2, 0) is 19.8 Å². The minimum absolute atomic E-state index is 0.0384. The zero-order valence-corrected chi connectivity index (χ0v) is 13.0. The predicted octanol–water partition coefficient (Wildman–Crippen LogP) is -0.466. The largest absolute Gasteiger partial charge is 0.481 e. The highest BCUT2D eigenvalue weighted by molar-refractivity contribution is 7.87. The number of amides is 1. The van der Waals surface area contributed by atoms with E-state index in [2.05, 4.69) is 10.0 Å². The molecule has 8 nitrogen and oxygen atoms in total. The lowest BCUT2D eigenvalue weighted by Crippen LogP contribution is -2.46.